The number of β-lactam (4-membered cyclic amide) rings is 1. The minimum absolute atomic E-state index is 0.156. The molecule has 2 unspecified atom stereocenters. The van der Waals surface area contributed by atoms with E-state index in [-0.39, 0.29) is 34.6 Å². The molecular formula is C12H12N4O4S2. The molecule has 0 radical (unpaired) electrons. The van der Waals surface area contributed by atoms with E-state index in [0.717, 1.165) is 28.0 Å². The number of carboxylic acids is 1. The molecule has 0 bridgehead atoms. The Balaban J connectivity index is 2.26. The molecule has 1 aromatic heterocycles. The number of thiazole rings is 1. The van der Waals surface area contributed by atoms with Gasteiger partial charge in [0.15, 0.2) is 21.4 Å². The number of nitrogen functional groups attached to an aromatic ring is 1. The van der Waals surface area contributed by atoms with Crippen molar-refractivity contribution in [2.24, 2.45) is 5.73 Å². The highest BCUT2D eigenvalue weighted by atomic mass is 32.2. The second kappa shape index (κ2) is 4.71. The van der Waals surface area contributed by atoms with Gasteiger partial charge in [-0.2, -0.15) is 0 Å². The van der Waals surface area contributed by atoms with Crippen LogP contribution in [-0.2, 0) is 19.1 Å². The number of anilines is 1. The van der Waals surface area contributed by atoms with Crippen LogP contribution in [0.2, 0.25) is 0 Å². The number of Topliss-reactive ketones (excluding diaryl/α,β-unsaturated/α-hetero) is 1. The number of aliphatic carboxylic acids is 1. The van der Waals surface area contributed by atoms with Crippen molar-refractivity contribution in [2.45, 2.75) is 23.5 Å². The Morgan fingerprint density at radius 2 is 2.18 bits per heavy atom. The van der Waals surface area contributed by atoms with E-state index in [4.69, 9.17) is 11.5 Å². The van der Waals surface area contributed by atoms with E-state index < -0.39 is 16.1 Å². The predicted octanol–water partition coefficient (Wildman–Crippen LogP) is 0.0697. The van der Waals surface area contributed by atoms with Crippen molar-refractivity contribution < 1.29 is 19.5 Å². The second-order valence-electron chi connectivity index (χ2n) is 4.92. The molecule has 1 amide bonds. The molecule has 2 atom stereocenters. The van der Waals surface area contributed by atoms with Crippen LogP contribution in [0, 0.1) is 0 Å². The summed E-state index contributed by atoms with van der Waals surface area (Å²) >= 11 is 2.28. The molecule has 22 heavy (non-hydrogen) atoms. The Morgan fingerprint density at radius 1 is 1.50 bits per heavy atom. The van der Waals surface area contributed by atoms with E-state index in [2.05, 4.69) is 4.98 Å². The number of carbonyl (C=O) groups is 3. The molecule has 1 aromatic rings. The SMILES string of the molecule is CC(=O)C1(c2csc(N)n2)SC2CC(=O)N2C(C(=O)O)=C1N. The number of amides is 1. The number of fused-ring (bicyclic) bond motifs is 1. The maximum atomic E-state index is 12.4. The van der Waals surface area contributed by atoms with Crippen LogP contribution < -0.4 is 11.5 Å². The van der Waals surface area contributed by atoms with E-state index in [9.17, 15) is 19.5 Å². The van der Waals surface area contributed by atoms with Crippen molar-refractivity contribution in [1.29, 1.82) is 0 Å². The molecule has 0 saturated carbocycles. The lowest BCUT2D eigenvalue weighted by atomic mass is 9.93. The predicted molar refractivity (Wildman–Crippen MR) is 80.6 cm³/mol. The van der Waals surface area contributed by atoms with Gasteiger partial charge in [0.1, 0.15) is 0 Å². The lowest BCUT2D eigenvalue weighted by Crippen LogP contribution is -2.59. The standard InChI is InChI=1S/C12H12N4O4S2/c1-4(17)12(5-3-21-11(14)15-5)9(13)8(10(19)20)16-6(18)2-7(16)22-12/h3,7H,2,13H2,1H3,(H2,14,15)(H,19,20). The fourth-order valence-corrected chi connectivity index (χ4v) is 4.90. The summed E-state index contributed by atoms with van der Waals surface area (Å²) in [5, 5.41) is 10.8. The molecule has 0 aromatic carbocycles. The molecule has 3 heterocycles. The molecule has 5 N–H and O–H groups in total. The van der Waals surface area contributed by atoms with Crippen LogP contribution in [0.25, 0.3) is 0 Å². The van der Waals surface area contributed by atoms with Gasteiger partial charge in [-0.15, -0.1) is 23.1 Å². The smallest absolute Gasteiger partial charge is 0.354 e. The highest BCUT2D eigenvalue weighted by Crippen LogP contribution is 2.54. The third-order valence-corrected chi connectivity index (χ3v) is 6.07. The summed E-state index contributed by atoms with van der Waals surface area (Å²) < 4.78 is -1.43. The molecule has 116 valence electrons. The molecular weight excluding hydrogens is 328 g/mol. The molecule has 10 heteroatoms. The maximum Gasteiger partial charge on any atom is 0.354 e. The lowest BCUT2D eigenvalue weighted by Gasteiger charge is -2.49. The number of nitrogens with zero attached hydrogens (tertiary/aromatic N) is 2. The van der Waals surface area contributed by atoms with E-state index in [1.54, 1.807) is 5.38 Å². The highest BCUT2D eigenvalue weighted by molar-refractivity contribution is 8.01. The number of carboxylic acid groups (broad SMARTS) is 1. The van der Waals surface area contributed by atoms with Gasteiger partial charge in [0, 0.05) is 5.38 Å². The summed E-state index contributed by atoms with van der Waals surface area (Å²) in [5.41, 5.74) is 11.4. The maximum absolute atomic E-state index is 12.4. The summed E-state index contributed by atoms with van der Waals surface area (Å²) in [6.07, 6.45) is 0.156. The van der Waals surface area contributed by atoms with Crippen molar-refractivity contribution >= 4 is 45.9 Å². The first kappa shape index (κ1) is 14.9. The van der Waals surface area contributed by atoms with Crippen LogP contribution in [0.3, 0.4) is 0 Å². The van der Waals surface area contributed by atoms with Gasteiger partial charge in [-0.25, -0.2) is 9.78 Å². The van der Waals surface area contributed by atoms with Crippen LogP contribution in [0.1, 0.15) is 19.0 Å². The molecule has 2 aliphatic rings. The normalized spacial score (nSPS) is 27.4. The lowest BCUT2D eigenvalue weighted by molar-refractivity contribution is -0.146. The Kier molecular flexibility index (Phi) is 3.18. The van der Waals surface area contributed by atoms with Crippen molar-refractivity contribution in [3.63, 3.8) is 0 Å². The first-order chi connectivity index (χ1) is 10.3. The van der Waals surface area contributed by atoms with E-state index in [1.807, 2.05) is 0 Å². The van der Waals surface area contributed by atoms with Crippen molar-refractivity contribution in [2.75, 3.05) is 5.73 Å². The summed E-state index contributed by atoms with van der Waals surface area (Å²) in [6.45, 7) is 1.32. The summed E-state index contributed by atoms with van der Waals surface area (Å²) in [4.78, 5) is 40.8. The third kappa shape index (κ3) is 1.77. The Morgan fingerprint density at radius 3 is 2.64 bits per heavy atom. The molecule has 3 rings (SSSR count). The molecule has 0 aliphatic carbocycles. The second-order valence-corrected chi connectivity index (χ2v) is 7.20. The van der Waals surface area contributed by atoms with Crippen LogP contribution >= 0.6 is 23.1 Å². The van der Waals surface area contributed by atoms with Gasteiger partial charge in [0.25, 0.3) is 0 Å². The summed E-state index contributed by atoms with van der Waals surface area (Å²) in [6, 6.07) is 0. The minimum Gasteiger partial charge on any atom is -0.477 e. The van der Waals surface area contributed by atoms with E-state index >= 15 is 0 Å². The zero-order valence-corrected chi connectivity index (χ0v) is 13.0. The summed E-state index contributed by atoms with van der Waals surface area (Å²) in [5.74, 6) is -2.02. The quantitative estimate of drug-likeness (QED) is 0.657. The fourth-order valence-electron chi connectivity index (χ4n) is 2.63. The number of thioether (sulfide) groups is 1. The van der Waals surface area contributed by atoms with Gasteiger partial charge >= 0.3 is 5.97 Å². The Labute approximate surface area is 133 Å². The third-order valence-electron chi connectivity index (χ3n) is 3.68. The number of rotatable bonds is 3. The van der Waals surface area contributed by atoms with Crippen molar-refractivity contribution in [3.8, 4) is 0 Å². The number of ketones is 1. The van der Waals surface area contributed by atoms with Gasteiger partial charge in [-0.1, -0.05) is 0 Å². The Hall–Kier alpha value is -2.07. The number of nitrogens with two attached hydrogens (primary N) is 2. The van der Waals surface area contributed by atoms with Crippen LogP contribution in [0.4, 0.5) is 5.13 Å². The molecule has 0 spiro atoms. The number of hydrogen-bond donors (Lipinski definition) is 3. The molecule has 1 fully saturated rings. The van der Waals surface area contributed by atoms with Gasteiger partial charge in [-0.05, 0) is 6.92 Å². The van der Waals surface area contributed by atoms with Crippen molar-refractivity contribution in [1.82, 2.24) is 9.88 Å². The molecule has 8 nitrogen and oxygen atoms in total. The zero-order chi connectivity index (χ0) is 16.2. The van der Waals surface area contributed by atoms with Crippen LogP contribution in [0.5, 0.6) is 0 Å². The highest BCUT2D eigenvalue weighted by Gasteiger charge is 2.57. The first-order valence-electron chi connectivity index (χ1n) is 6.25. The largest absolute Gasteiger partial charge is 0.477 e. The van der Waals surface area contributed by atoms with Crippen molar-refractivity contribution in [3.05, 3.63) is 22.5 Å². The van der Waals surface area contributed by atoms with E-state index in [0.29, 0.717) is 5.69 Å². The van der Waals surface area contributed by atoms with E-state index in [1.165, 1.54) is 6.92 Å². The van der Waals surface area contributed by atoms with Gasteiger partial charge < -0.3 is 16.6 Å². The monoisotopic (exact) mass is 340 g/mol. The van der Waals surface area contributed by atoms with Gasteiger partial charge in [0.05, 0.1) is 23.2 Å². The average molecular weight is 340 g/mol. The molecule has 2 aliphatic heterocycles. The fraction of sp³-hybridized carbons (Fsp3) is 0.333. The van der Waals surface area contributed by atoms with Gasteiger partial charge in [-0.3, -0.25) is 14.5 Å². The zero-order valence-electron chi connectivity index (χ0n) is 11.4. The summed E-state index contributed by atoms with van der Waals surface area (Å²) in [7, 11) is 0. The number of carbonyl (C=O) groups excluding carboxylic acids is 2. The number of aromatic nitrogens is 1. The average Bonchev–Trinajstić information content (AvgIpc) is 2.85. The topological polar surface area (TPSA) is 140 Å². The Bertz CT molecular complexity index is 743. The number of hydrogen-bond acceptors (Lipinski definition) is 8. The van der Waals surface area contributed by atoms with Crippen LogP contribution in [-0.4, -0.2) is 38.0 Å². The van der Waals surface area contributed by atoms with Crippen LogP contribution in [0.15, 0.2) is 16.8 Å². The van der Waals surface area contributed by atoms with Gasteiger partial charge in [0.2, 0.25) is 5.91 Å². The first-order valence-corrected chi connectivity index (χ1v) is 8.01. The molecule has 1 saturated heterocycles. The minimum atomic E-state index is -1.43.